The maximum absolute atomic E-state index is 12.7. The second kappa shape index (κ2) is 5.35. The Kier molecular flexibility index (Phi) is 5.16. The number of likely N-dealkylation sites (tertiary alicyclic amines) is 1. The van der Waals surface area contributed by atoms with Gasteiger partial charge in [0, 0.05) is 13.1 Å². The molecule has 0 aliphatic carbocycles. The van der Waals surface area contributed by atoms with Crippen molar-refractivity contribution >= 4 is 18.3 Å². The van der Waals surface area contributed by atoms with Crippen LogP contribution in [0.1, 0.15) is 13.3 Å². The van der Waals surface area contributed by atoms with Gasteiger partial charge in [-0.3, -0.25) is 4.79 Å². The molecule has 1 rings (SSSR count). The minimum Gasteiger partial charge on any atom is -0.340 e. The van der Waals surface area contributed by atoms with E-state index in [9.17, 15) is 31.1 Å². The first-order valence-corrected chi connectivity index (χ1v) is 5.10. The minimum atomic E-state index is -5.45. The molecule has 0 unspecified atom stereocenters. The summed E-state index contributed by atoms with van der Waals surface area (Å²) in [4.78, 5) is 11.9. The Balaban J connectivity index is 0.00000324. The molecule has 3 nitrogen and oxygen atoms in total. The molecule has 0 bridgehead atoms. The Morgan fingerprint density at radius 2 is 1.63 bits per heavy atom. The van der Waals surface area contributed by atoms with Crippen molar-refractivity contribution in [1.82, 2.24) is 4.90 Å². The number of carbonyl (C=O) groups is 1. The molecule has 0 aromatic heterocycles. The second-order valence-electron chi connectivity index (χ2n) is 4.38. The average molecular weight is 315 g/mol. The van der Waals surface area contributed by atoms with Gasteiger partial charge in [-0.2, -0.15) is 26.3 Å². The molecule has 1 fully saturated rings. The van der Waals surface area contributed by atoms with Gasteiger partial charge in [-0.1, -0.05) is 0 Å². The van der Waals surface area contributed by atoms with Gasteiger partial charge in [0.2, 0.25) is 5.91 Å². The van der Waals surface area contributed by atoms with Crippen molar-refractivity contribution < 1.29 is 31.1 Å². The van der Waals surface area contributed by atoms with Gasteiger partial charge in [0.25, 0.3) is 0 Å². The van der Waals surface area contributed by atoms with E-state index >= 15 is 0 Å². The van der Waals surface area contributed by atoms with E-state index in [1.807, 2.05) is 0 Å². The summed E-state index contributed by atoms with van der Waals surface area (Å²) in [5.74, 6) is -0.912. The van der Waals surface area contributed by atoms with Crippen molar-refractivity contribution in [3.8, 4) is 0 Å². The highest BCUT2D eigenvalue weighted by molar-refractivity contribution is 5.85. The number of hydrogen-bond acceptors (Lipinski definition) is 2. The minimum absolute atomic E-state index is 0. The van der Waals surface area contributed by atoms with E-state index in [0.717, 1.165) is 0 Å². The molecule has 10 heteroatoms. The van der Waals surface area contributed by atoms with E-state index in [2.05, 4.69) is 0 Å². The lowest BCUT2D eigenvalue weighted by Crippen LogP contribution is -2.53. The number of halogens is 7. The number of rotatable bonds is 1. The Morgan fingerprint density at radius 3 is 1.89 bits per heavy atom. The lowest BCUT2D eigenvalue weighted by molar-refractivity contribution is -0.334. The summed E-state index contributed by atoms with van der Waals surface area (Å²) in [6.45, 7) is -0.802. The summed E-state index contributed by atoms with van der Waals surface area (Å²) in [7, 11) is 0. The molecule has 0 spiro atoms. The van der Waals surface area contributed by atoms with Crippen LogP contribution in [0.15, 0.2) is 0 Å². The van der Waals surface area contributed by atoms with Crippen molar-refractivity contribution in [2.24, 2.45) is 11.1 Å². The van der Waals surface area contributed by atoms with Gasteiger partial charge in [-0.15, -0.1) is 12.4 Å². The molecular formula is C9H13ClF6N2O. The fourth-order valence-corrected chi connectivity index (χ4v) is 1.91. The molecule has 0 aromatic rings. The Morgan fingerprint density at radius 1 is 1.21 bits per heavy atom. The van der Waals surface area contributed by atoms with Gasteiger partial charge in [0.1, 0.15) is 0 Å². The van der Waals surface area contributed by atoms with E-state index in [4.69, 9.17) is 5.73 Å². The predicted molar refractivity (Wildman–Crippen MR) is 56.6 cm³/mol. The van der Waals surface area contributed by atoms with Crippen LogP contribution in [0.4, 0.5) is 26.3 Å². The molecule has 0 aromatic carbocycles. The third-order valence-corrected chi connectivity index (χ3v) is 3.06. The molecule has 1 amide bonds. The van der Waals surface area contributed by atoms with E-state index < -0.39 is 49.2 Å². The quantitative estimate of drug-likeness (QED) is 0.753. The largest absolute Gasteiger partial charge is 0.404 e. The van der Waals surface area contributed by atoms with E-state index in [1.54, 1.807) is 0 Å². The van der Waals surface area contributed by atoms with Gasteiger partial charge < -0.3 is 10.6 Å². The second-order valence-corrected chi connectivity index (χ2v) is 4.38. The summed E-state index contributed by atoms with van der Waals surface area (Å²) >= 11 is 0. The zero-order chi connectivity index (χ0) is 14.4. The highest BCUT2D eigenvalue weighted by Gasteiger charge is 2.72. The molecule has 0 radical (unpaired) electrons. The first kappa shape index (κ1) is 18.3. The summed E-state index contributed by atoms with van der Waals surface area (Å²) in [6.07, 6.45) is -12.1. The van der Waals surface area contributed by atoms with Crippen LogP contribution >= 0.6 is 12.4 Å². The van der Waals surface area contributed by atoms with E-state index in [0.29, 0.717) is 4.90 Å². The van der Waals surface area contributed by atoms with Crippen molar-refractivity contribution in [1.29, 1.82) is 0 Å². The van der Waals surface area contributed by atoms with Gasteiger partial charge in [-0.05, 0) is 13.3 Å². The van der Waals surface area contributed by atoms with Crippen LogP contribution in [-0.2, 0) is 4.79 Å². The smallest absolute Gasteiger partial charge is 0.340 e. The molecule has 1 aliphatic heterocycles. The summed E-state index contributed by atoms with van der Waals surface area (Å²) in [6, 6.07) is -1.12. The monoisotopic (exact) mass is 314 g/mol. The van der Waals surface area contributed by atoms with Crippen molar-refractivity contribution in [3.05, 3.63) is 0 Å². The fourth-order valence-electron chi connectivity index (χ4n) is 1.91. The molecule has 1 atom stereocenters. The Labute approximate surface area is 111 Å². The molecule has 1 aliphatic rings. The molecule has 1 saturated heterocycles. The number of carbonyl (C=O) groups excluding carboxylic acids is 1. The highest BCUT2D eigenvalue weighted by Crippen LogP contribution is 2.55. The number of hydrogen-bond donors (Lipinski definition) is 1. The Hall–Kier alpha value is -0.700. The molecule has 0 saturated carbocycles. The third-order valence-electron chi connectivity index (χ3n) is 3.06. The standard InChI is InChI=1S/C9H12F6N2O.ClH/c1-5(16)6(18)17-3-2-7(4-17,8(10,11)12)9(13,14)15;/h5H,2-4,16H2,1H3;1H/t5-;/m0./s1. The molecule has 19 heavy (non-hydrogen) atoms. The topological polar surface area (TPSA) is 46.3 Å². The highest BCUT2D eigenvalue weighted by atomic mass is 35.5. The normalized spacial score (nSPS) is 20.9. The van der Waals surface area contributed by atoms with Gasteiger partial charge in [0.05, 0.1) is 6.04 Å². The first-order valence-electron chi connectivity index (χ1n) is 5.10. The SMILES string of the molecule is C[C@H](N)C(=O)N1CCC(C(F)(F)F)(C(F)(F)F)C1.Cl. The summed E-state index contributed by atoms with van der Waals surface area (Å²) in [5, 5.41) is 0. The number of nitrogens with zero attached hydrogens (tertiary/aromatic N) is 1. The molecule has 2 N–H and O–H groups in total. The zero-order valence-corrected chi connectivity index (χ0v) is 10.6. The number of amides is 1. The fraction of sp³-hybridized carbons (Fsp3) is 0.889. The van der Waals surface area contributed by atoms with Crippen LogP contribution in [0.5, 0.6) is 0 Å². The van der Waals surface area contributed by atoms with Gasteiger partial charge in [-0.25, -0.2) is 0 Å². The predicted octanol–water partition coefficient (Wildman–Crippen LogP) is 2.10. The summed E-state index contributed by atoms with van der Waals surface area (Å²) < 4.78 is 76.0. The van der Waals surface area contributed by atoms with Crippen molar-refractivity contribution in [2.45, 2.75) is 31.7 Å². The molecule has 114 valence electrons. The van der Waals surface area contributed by atoms with Crippen LogP contribution in [0.2, 0.25) is 0 Å². The molecular weight excluding hydrogens is 302 g/mol. The Bertz CT molecular complexity index is 327. The summed E-state index contributed by atoms with van der Waals surface area (Å²) in [5.41, 5.74) is 1.33. The first-order chi connectivity index (χ1) is 7.92. The van der Waals surface area contributed by atoms with Crippen LogP contribution in [0.25, 0.3) is 0 Å². The van der Waals surface area contributed by atoms with Crippen LogP contribution < -0.4 is 5.73 Å². The molecule has 1 heterocycles. The maximum Gasteiger partial charge on any atom is 0.404 e. The van der Waals surface area contributed by atoms with Gasteiger partial charge >= 0.3 is 12.4 Å². The third kappa shape index (κ3) is 3.07. The van der Waals surface area contributed by atoms with Crippen molar-refractivity contribution in [2.75, 3.05) is 13.1 Å². The average Bonchev–Trinajstić information content (AvgIpc) is 2.59. The van der Waals surface area contributed by atoms with Crippen molar-refractivity contribution in [3.63, 3.8) is 0 Å². The van der Waals surface area contributed by atoms with Crippen LogP contribution in [0, 0.1) is 5.41 Å². The van der Waals surface area contributed by atoms with E-state index in [-0.39, 0.29) is 12.4 Å². The zero-order valence-electron chi connectivity index (χ0n) is 9.81. The maximum atomic E-state index is 12.7. The number of alkyl halides is 6. The van der Waals surface area contributed by atoms with E-state index in [1.165, 1.54) is 6.92 Å². The number of nitrogens with two attached hydrogens (primary N) is 1. The lowest BCUT2D eigenvalue weighted by atomic mass is 9.85. The van der Waals surface area contributed by atoms with Crippen LogP contribution in [0.3, 0.4) is 0 Å². The van der Waals surface area contributed by atoms with Gasteiger partial charge in [0.15, 0.2) is 5.41 Å². The lowest BCUT2D eigenvalue weighted by Gasteiger charge is -2.33. The van der Waals surface area contributed by atoms with Crippen LogP contribution in [-0.4, -0.2) is 42.3 Å².